The van der Waals surface area contributed by atoms with Crippen molar-refractivity contribution in [1.82, 2.24) is 14.5 Å². The molecule has 4 heterocycles. The SMILES string of the molecule is Fc1cccnc1OC1CN(CC2CCOCC2)Cc2cccn2C1.O=C(O)C(F)(F)F. The molecule has 0 spiro atoms. The first-order chi connectivity index (χ1) is 15.2. The highest BCUT2D eigenvalue weighted by molar-refractivity contribution is 5.73. The Hall–Kier alpha value is -2.66. The molecule has 0 aromatic carbocycles. The molecule has 2 aliphatic heterocycles. The number of aliphatic carboxylic acids is 1. The molecule has 1 saturated heterocycles. The van der Waals surface area contributed by atoms with Crippen LogP contribution in [-0.4, -0.2) is 64.1 Å². The number of pyridine rings is 1. The van der Waals surface area contributed by atoms with Crippen molar-refractivity contribution in [3.63, 3.8) is 0 Å². The number of carbonyl (C=O) groups is 1. The maximum atomic E-state index is 13.9. The molecule has 0 radical (unpaired) electrons. The normalized spacial score (nSPS) is 19.9. The minimum absolute atomic E-state index is 0.0918. The van der Waals surface area contributed by atoms with Crippen LogP contribution in [0.1, 0.15) is 18.5 Å². The van der Waals surface area contributed by atoms with Gasteiger partial charge in [-0.05, 0) is 43.0 Å². The Kier molecular flexibility index (Phi) is 8.08. The molecule has 32 heavy (non-hydrogen) atoms. The van der Waals surface area contributed by atoms with Crippen molar-refractivity contribution in [2.45, 2.75) is 38.2 Å². The number of rotatable bonds is 4. The number of carboxylic acid groups (broad SMARTS) is 1. The lowest BCUT2D eigenvalue weighted by Gasteiger charge is -2.30. The molecule has 0 bridgehead atoms. The molecule has 1 atom stereocenters. The fourth-order valence-electron chi connectivity index (χ4n) is 3.75. The van der Waals surface area contributed by atoms with Gasteiger partial charge in [0.2, 0.25) is 0 Å². The number of aromatic nitrogens is 2. The quantitative estimate of drug-likeness (QED) is 0.707. The van der Waals surface area contributed by atoms with Crippen LogP contribution < -0.4 is 4.74 Å². The first-order valence-corrected chi connectivity index (χ1v) is 10.2. The minimum atomic E-state index is -5.08. The van der Waals surface area contributed by atoms with Crippen LogP contribution in [0.4, 0.5) is 17.6 Å². The van der Waals surface area contributed by atoms with Crippen molar-refractivity contribution in [3.05, 3.63) is 48.2 Å². The largest absolute Gasteiger partial charge is 0.490 e. The van der Waals surface area contributed by atoms with E-state index in [1.54, 1.807) is 12.3 Å². The van der Waals surface area contributed by atoms with Gasteiger partial charge in [0.15, 0.2) is 5.82 Å². The molecular formula is C21H25F4N3O4. The van der Waals surface area contributed by atoms with E-state index < -0.39 is 18.0 Å². The summed E-state index contributed by atoms with van der Waals surface area (Å²) in [6.45, 7) is 5.12. The first-order valence-electron chi connectivity index (χ1n) is 10.2. The van der Waals surface area contributed by atoms with E-state index in [1.165, 1.54) is 11.8 Å². The summed E-state index contributed by atoms with van der Waals surface area (Å²) >= 11 is 0. The summed E-state index contributed by atoms with van der Waals surface area (Å²) in [5.74, 6) is -2.42. The highest BCUT2D eigenvalue weighted by atomic mass is 19.4. The predicted molar refractivity (Wildman–Crippen MR) is 106 cm³/mol. The molecule has 0 aliphatic carbocycles. The van der Waals surface area contributed by atoms with E-state index in [-0.39, 0.29) is 12.0 Å². The molecule has 1 N–H and O–H groups in total. The Bertz CT molecular complexity index is 884. The number of ether oxygens (including phenoxy) is 2. The van der Waals surface area contributed by atoms with Gasteiger partial charge in [-0.25, -0.2) is 14.2 Å². The van der Waals surface area contributed by atoms with Gasteiger partial charge in [-0.2, -0.15) is 13.2 Å². The summed E-state index contributed by atoms with van der Waals surface area (Å²) < 4.78 is 59.3. The maximum absolute atomic E-state index is 13.9. The summed E-state index contributed by atoms with van der Waals surface area (Å²) in [5.41, 5.74) is 1.28. The molecular weight excluding hydrogens is 434 g/mol. The Morgan fingerprint density at radius 1 is 1.22 bits per heavy atom. The van der Waals surface area contributed by atoms with Gasteiger partial charge in [-0.15, -0.1) is 0 Å². The highest BCUT2D eigenvalue weighted by Crippen LogP contribution is 2.22. The maximum Gasteiger partial charge on any atom is 0.490 e. The fourth-order valence-corrected chi connectivity index (χ4v) is 3.75. The van der Waals surface area contributed by atoms with Crippen LogP contribution in [0, 0.1) is 11.7 Å². The Balaban J connectivity index is 0.000000360. The molecule has 11 heteroatoms. The second-order valence-electron chi connectivity index (χ2n) is 7.73. The first kappa shape index (κ1) is 24.0. The van der Waals surface area contributed by atoms with Crippen molar-refractivity contribution in [1.29, 1.82) is 0 Å². The Morgan fingerprint density at radius 2 is 1.94 bits per heavy atom. The molecule has 0 saturated carbocycles. The predicted octanol–water partition coefficient (Wildman–Crippen LogP) is 3.35. The summed E-state index contributed by atoms with van der Waals surface area (Å²) in [6, 6.07) is 7.18. The van der Waals surface area contributed by atoms with Crippen LogP contribution in [-0.2, 0) is 22.6 Å². The van der Waals surface area contributed by atoms with E-state index in [9.17, 15) is 17.6 Å². The average Bonchev–Trinajstić information content (AvgIpc) is 3.09. The van der Waals surface area contributed by atoms with E-state index in [0.717, 1.165) is 45.7 Å². The van der Waals surface area contributed by atoms with Crippen LogP contribution in [0.3, 0.4) is 0 Å². The fraction of sp³-hybridized carbons (Fsp3) is 0.524. The zero-order chi connectivity index (χ0) is 23.1. The minimum Gasteiger partial charge on any atom is -0.475 e. The van der Waals surface area contributed by atoms with Gasteiger partial charge in [-0.1, -0.05) is 0 Å². The molecule has 1 unspecified atom stereocenters. The number of alkyl halides is 3. The third-order valence-electron chi connectivity index (χ3n) is 5.27. The third-order valence-corrected chi connectivity index (χ3v) is 5.27. The van der Waals surface area contributed by atoms with E-state index in [0.29, 0.717) is 12.5 Å². The third kappa shape index (κ3) is 6.92. The zero-order valence-corrected chi connectivity index (χ0v) is 17.3. The lowest BCUT2D eigenvalue weighted by molar-refractivity contribution is -0.192. The monoisotopic (exact) mass is 459 g/mol. The second kappa shape index (κ2) is 10.8. The lowest BCUT2D eigenvalue weighted by Crippen LogP contribution is -2.38. The van der Waals surface area contributed by atoms with Crippen molar-refractivity contribution in [2.75, 3.05) is 26.3 Å². The summed E-state index contributed by atoms with van der Waals surface area (Å²) in [6.07, 6.45) is 0.641. The number of fused-ring (bicyclic) bond motifs is 1. The summed E-state index contributed by atoms with van der Waals surface area (Å²) in [4.78, 5) is 15.4. The number of hydrogen-bond donors (Lipinski definition) is 1. The van der Waals surface area contributed by atoms with E-state index in [1.807, 2.05) is 0 Å². The van der Waals surface area contributed by atoms with Gasteiger partial charge in [-0.3, -0.25) is 4.90 Å². The standard InChI is InChI=1S/C19H24FN3O2.C2HF3O2/c20-18-4-1-7-21-19(18)25-17-13-22(11-15-5-9-24-10-6-15)12-16-3-2-8-23(16)14-17;3-2(4,5)1(6)7/h1-4,7-8,15,17H,5-6,9-14H2;(H,6,7). The van der Waals surface area contributed by atoms with Crippen molar-refractivity contribution < 1.29 is 36.9 Å². The smallest absolute Gasteiger partial charge is 0.475 e. The molecule has 0 amide bonds. The van der Waals surface area contributed by atoms with Gasteiger partial charge >= 0.3 is 12.1 Å². The van der Waals surface area contributed by atoms with E-state index in [4.69, 9.17) is 19.4 Å². The molecule has 7 nitrogen and oxygen atoms in total. The van der Waals surface area contributed by atoms with E-state index in [2.05, 4.69) is 32.8 Å². The van der Waals surface area contributed by atoms with Crippen LogP contribution in [0.2, 0.25) is 0 Å². The Morgan fingerprint density at radius 3 is 2.59 bits per heavy atom. The van der Waals surface area contributed by atoms with Gasteiger partial charge in [0, 0.05) is 50.9 Å². The highest BCUT2D eigenvalue weighted by Gasteiger charge is 2.38. The molecule has 2 aromatic heterocycles. The number of halogens is 4. The van der Waals surface area contributed by atoms with Crippen LogP contribution in [0.5, 0.6) is 5.88 Å². The second-order valence-corrected chi connectivity index (χ2v) is 7.73. The summed E-state index contributed by atoms with van der Waals surface area (Å²) in [5, 5.41) is 7.12. The average molecular weight is 459 g/mol. The lowest BCUT2D eigenvalue weighted by atomic mass is 9.99. The van der Waals surface area contributed by atoms with Crippen LogP contribution in [0.25, 0.3) is 0 Å². The van der Waals surface area contributed by atoms with Gasteiger partial charge in [0.1, 0.15) is 6.10 Å². The van der Waals surface area contributed by atoms with Crippen LogP contribution >= 0.6 is 0 Å². The summed E-state index contributed by atoms with van der Waals surface area (Å²) in [7, 11) is 0. The molecule has 1 fully saturated rings. The number of hydrogen-bond acceptors (Lipinski definition) is 5. The van der Waals surface area contributed by atoms with Gasteiger partial charge < -0.3 is 19.1 Å². The van der Waals surface area contributed by atoms with Crippen molar-refractivity contribution in [2.24, 2.45) is 5.92 Å². The molecule has 2 aliphatic rings. The molecule has 4 rings (SSSR count). The number of nitrogens with zero attached hydrogens (tertiary/aromatic N) is 3. The van der Waals surface area contributed by atoms with Gasteiger partial charge in [0.05, 0.1) is 6.54 Å². The Labute approximate surface area is 182 Å². The van der Waals surface area contributed by atoms with Gasteiger partial charge in [0.25, 0.3) is 5.88 Å². The van der Waals surface area contributed by atoms with Crippen LogP contribution in [0.15, 0.2) is 36.7 Å². The van der Waals surface area contributed by atoms with E-state index >= 15 is 0 Å². The topological polar surface area (TPSA) is 76.8 Å². The molecule has 176 valence electrons. The zero-order valence-electron chi connectivity index (χ0n) is 17.3. The number of carboxylic acids is 1. The van der Waals surface area contributed by atoms with Crippen molar-refractivity contribution >= 4 is 5.97 Å². The molecule has 2 aromatic rings. The van der Waals surface area contributed by atoms with Crippen molar-refractivity contribution in [3.8, 4) is 5.88 Å².